The first kappa shape index (κ1) is 18.7. The number of nitrogens with one attached hydrogen (secondary N) is 2. The van der Waals surface area contributed by atoms with Gasteiger partial charge < -0.3 is 4.90 Å². The molecule has 0 radical (unpaired) electrons. The molecule has 2 heterocycles. The molecule has 0 spiro atoms. The topological polar surface area (TPSA) is 113 Å². The van der Waals surface area contributed by atoms with E-state index in [2.05, 4.69) is 10.9 Å². The molecule has 2 aliphatic rings. The smallest absolute Gasteiger partial charge is 0.269 e. The van der Waals surface area contributed by atoms with Crippen LogP contribution in [0.1, 0.15) is 29.6 Å². The van der Waals surface area contributed by atoms with Crippen molar-refractivity contribution in [3.63, 3.8) is 0 Å². The van der Waals surface area contributed by atoms with Crippen LogP contribution in [0.15, 0.2) is 18.2 Å². The summed E-state index contributed by atoms with van der Waals surface area (Å²) in [5, 5.41) is 0.358. The number of anilines is 1. The molecule has 8 nitrogen and oxygen atoms in total. The molecule has 1 aromatic carbocycles. The predicted octanol–water partition coefficient (Wildman–Crippen LogP) is 0.663. The van der Waals surface area contributed by atoms with Crippen LogP contribution in [0, 0.1) is 5.92 Å². The molecular weight excluding hydrogens is 382 g/mol. The number of nitrogens with zero attached hydrogens (tertiary/aromatic N) is 1. The highest BCUT2D eigenvalue weighted by atomic mass is 35.5. The Balaban J connectivity index is 1.65. The van der Waals surface area contributed by atoms with Gasteiger partial charge in [0.2, 0.25) is 11.8 Å². The first-order chi connectivity index (χ1) is 12.3. The fourth-order valence-corrected chi connectivity index (χ4v) is 5.02. The van der Waals surface area contributed by atoms with Crippen molar-refractivity contribution in [1.82, 2.24) is 10.9 Å². The Morgan fingerprint density at radius 3 is 2.62 bits per heavy atom. The van der Waals surface area contributed by atoms with Crippen LogP contribution in [0.5, 0.6) is 0 Å². The van der Waals surface area contributed by atoms with E-state index in [0.29, 0.717) is 23.7 Å². The zero-order chi connectivity index (χ0) is 18.9. The molecule has 0 bridgehead atoms. The molecule has 1 aromatic rings. The molecular formula is C16H18ClN3O5S. The van der Waals surface area contributed by atoms with E-state index < -0.39 is 27.6 Å². The van der Waals surface area contributed by atoms with Crippen molar-refractivity contribution >= 4 is 44.8 Å². The molecule has 10 heteroatoms. The van der Waals surface area contributed by atoms with Crippen molar-refractivity contribution in [3.05, 3.63) is 28.8 Å². The highest BCUT2D eigenvalue weighted by molar-refractivity contribution is 7.91. The van der Waals surface area contributed by atoms with Crippen molar-refractivity contribution < 1.29 is 22.8 Å². The van der Waals surface area contributed by atoms with Gasteiger partial charge in [0.15, 0.2) is 9.84 Å². The van der Waals surface area contributed by atoms with Gasteiger partial charge in [0.1, 0.15) is 0 Å². The summed E-state index contributed by atoms with van der Waals surface area (Å²) in [6, 6.07) is 4.49. The Morgan fingerprint density at radius 2 is 2.00 bits per heavy atom. The van der Waals surface area contributed by atoms with Crippen molar-refractivity contribution in [1.29, 1.82) is 0 Å². The summed E-state index contributed by atoms with van der Waals surface area (Å²) in [5.74, 6) is -2.07. The van der Waals surface area contributed by atoms with Crippen LogP contribution >= 0.6 is 11.6 Å². The number of amides is 3. The van der Waals surface area contributed by atoms with Crippen molar-refractivity contribution in [3.8, 4) is 0 Å². The Kier molecular flexibility index (Phi) is 5.19. The largest absolute Gasteiger partial charge is 0.311 e. The molecule has 0 aliphatic carbocycles. The summed E-state index contributed by atoms with van der Waals surface area (Å²) in [7, 11) is -3.18. The summed E-state index contributed by atoms with van der Waals surface area (Å²) in [5.41, 5.74) is 5.21. The van der Waals surface area contributed by atoms with Gasteiger partial charge in [-0.25, -0.2) is 8.42 Å². The minimum Gasteiger partial charge on any atom is -0.311 e. The third kappa shape index (κ3) is 3.99. The number of halogens is 1. The molecule has 140 valence electrons. The summed E-state index contributed by atoms with van der Waals surface area (Å²) >= 11 is 6.13. The third-order valence-electron chi connectivity index (χ3n) is 4.47. The van der Waals surface area contributed by atoms with E-state index in [0.717, 1.165) is 6.42 Å². The minimum absolute atomic E-state index is 0.0244. The van der Waals surface area contributed by atoms with Gasteiger partial charge in [-0.1, -0.05) is 11.6 Å². The van der Waals surface area contributed by atoms with E-state index in [4.69, 9.17) is 11.6 Å². The lowest BCUT2D eigenvalue weighted by Crippen LogP contribution is -2.44. The second kappa shape index (κ2) is 7.24. The second-order valence-electron chi connectivity index (χ2n) is 6.36. The quantitative estimate of drug-likeness (QED) is 0.725. The SMILES string of the molecule is O=C(NNC(=O)[C@H]1CCS(=O)(=O)C1)c1ccc(Cl)c(N2CCCC2=O)c1. The molecule has 0 saturated carbocycles. The summed E-state index contributed by atoms with van der Waals surface area (Å²) < 4.78 is 22.8. The van der Waals surface area contributed by atoms with Crippen LogP contribution < -0.4 is 15.8 Å². The van der Waals surface area contributed by atoms with Crippen LogP contribution in [0.2, 0.25) is 5.02 Å². The molecule has 2 saturated heterocycles. The maximum atomic E-state index is 12.3. The number of hydrogen-bond acceptors (Lipinski definition) is 5. The Morgan fingerprint density at radius 1 is 1.23 bits per heavy atom. The maximum Gasteiger partial charge on any atom is 0.269 e. The van der Waals surface area contributed by atoms with E-state index in [9.17, 15) is 22.8 Å². The molecule has 26 heavy (non-hydrogen) atoms. The normalized spacial score (nSPS) is 21.7. The Bertz CT molecular complexity index is 871. The van der Waals surface area contributed by atoms with Crippen molar-refractivity contribution in [2.75, 3.05) is 23.0 Å². The lowest BCUT2D eigenvalue weighted by Gasteiger charge is -2.18. The molecule has 0 unspecified atom stereocenters. The number of sulfone groups is 1. The number of carbonyl (C=O) groups excluding carboxylic acids is 3. The van der Waals surface area contributed by atoms with Crippen molar-refractivity contribution in [2.45, 2.75) is 19.3 Å². The standard InChI is InChI=1S/C16H18ClN3O5S/c17-12-4-3-10(8-13(12)20-6-1-2-14(20)21)15(22)18-19-16(23)11-5-7-26(24,25)9-11/h3-4,8,11H,1-2,5-7,9H2,(H,18,22)(H,19,23)/t11-/m0/s1. The van der Waals surface area contributed by atoms with E-state index in [-0.39, 0.29) is 29.4 Å². The molecule has 0 aromatic heterocycles. The summed E-state index contributed by atoms with van der Waals surface area (Å²) in [6.45, 7) is 0.538. The van der Waals surface area contributed by atoms with E-state index in [1.54, 1.807) is 0 Å². The fourth-order valence-electron chi connectivity index (χ4n) is 3.06. The molecule has 2 aliphatic heterocycles. The van der Waals surface area contributed by atoms with Gasteiger partial charge in [0.05, 0.1) is 28.1 Å². The lowest BCUT2D eigenvalue weighted by atomic mass is 10.1. The number of hydrazine groups is 1. The van der Waals surface area contributed by atoms with E-state index >= 15 is 0 Å². The number of rotatable bonds is 3. The zero-order valence-corrected chi connectivity index (χ0v) is 15.4. The van der Waals surface area contributed by atoms with Gasteiger partial charge in [-0.15, -0.1) is 0 Å². The van der Waals surface area contributed by atoms with Gasteiger partial charge in [-0.05, 0) is 31.0 Å². The Hall–Kier alpha value is -2.13. The van der Waals surface area contributed by atoms with Crippen LogP contribution in [0.25, 0.3) is 0 Å². The first-order valence-electron chi connectivity index (χ1n) is 8.17. The average molecular weight is 400 g/mol. The van der Waals surface area contributed by atoms with Gasteiger partial charge in [0.25, 0.3) is 5.91 Å². The van der Waals surface area contributed by atoms with Crippen LogP contribution in [0.4, 0.5) is 5.69 Å². The molecule has 2 fully saturated rings. The van der Waals surface area contributed by atoms with E-state index in [1.165, 1.54) is 23.1 Å². The first-order valence-corrected chi connectivity index (χ1v) is 10.4. The summed E-state index contributed by atoms with van der Waals surface area (Å²) in [6.07, 6.45) is 1.41. The number of benzene rings is 1. The maximum absolute atomic E-state index is 12.3. The number of hydrogen-bond donors (Lipinski definition) is 2. The van der Waals surface area contributed by atoms with Gasteiger partial charge >= 0.3 is 0 Å². The third-order valence-corrected chi connectivity index (χ3v) is 6.56. The van der Waals surface area contributed by atoms with E-state index in [1.807, 2.05) is 0 Å². The van der Waals surface area contributed by atoms with Crippen LogP contribution in [-0.2, 0) is 19.4 Å². The molecule has 3 amide bonds. The van der Waals surface area contributed by atoms with Crippen LogP contribution in [-0.4, -0.2) is 44.2 Å². The van der Waals surface area contributed by atoms with Crippen molar-refractivity contribution in [2.24, 2.45) is 5.92 Å². The highest BCUT2D eigenvalue weighted by Crippen LogP contribution is 2.30. The predicted molar refractivity (Wildman–Crippen MR) is 95.4 cm³/mol. The monoisotopic (exact) mass is 399 g/mol. The zero-order valence-electron chi connectivity index (χ0n) is 13.8. The minimum atomic E-state index is -3.18. The molecule has 2 N–H and O–H groups in total. The lowest BCUT2D eigenvalue weighted by molar-refractivity contribution is -0.125. The molecule has 1 atom stereocenters. The van der Waals surface area contributed by atoms with Gasteiger partial charge in [-0.2, -0.15) is 0 Å². The summed E-state index contributed by atoms with van der Waals surface area (Å²) in [4.78, 5) is 37.7. The van der Waals surface area contributed by atoms with Gasteiger partial charge in [0, 0.05) is 18.5 Å². The Labute approximate surface area is 155 Å². The van der Waals surface area contributed by atoms with Gasteiger partial charge in [-0.3, -0.25) is 25.2 Å². The highest BCUT2D eigenvalue weighted by Gasteiger charge is 2.33. The average Bonchev–Trinajstić information content (AvgIpc) is 3.18. The molecule has 3 rings (SSSR count). The number of carbonyl (C=O) groups is 3. The second-order valence-corrected chi connectivity index (χ2v) is 8.99. The fraction of sp³-hybridized carbons (Fsp3) is 0.438. The van der Waals surface area contributed by atoms with Crippen LogP contribution in [0.3, 0.4) is 0 Å².